The molecular formula is C23H23NO6S. The quantitative estimate of drug-likeness (QED) is 0.320. The van der Waals surface area contributed by atoms with Crippen LogP contribution in [0.4, 0.5) is 4.79 Å². The first-order valence-corrected chi connectivity index (χ1v) is 11.1. The van der Waals surface area contributed by atoms with Crippen LogP contribution < -0.4 is 15.7 Å². The molecule has 7 nitrogen and oxygen atoms in total. The number of carbonyl (C=O) groups excluding carboxylic acids is 2. The number of alkyl carbamates (subject to hydrolysis) is 1. The molecule has 31 heavy (non-hydrogen) atoms. The molecule has 1 heterocycles. The number of hydrogen-bond donors (Lipinski definition) is 1. The van der Waals surface area contributed by atoms with E-state index in [1.165, 1.54) is 12.1 Å². The number of thioether (sulfide) groups is 1. The lowest BCUT2D eigenvalue weighted by molar-refractivity contribution is -0.136. The Morgan fingerprint density at radius 3 is 2.65 bits per heavy atom. The number of esters is 1. The number of hydrogen-bond acceptors (Lipinski definition) is 7. The van der Waals surface area contributed by atoms with E-state index in [2.05, 4.69) is 5.32 Å². The number of fused-ring (bicyclic) bond motifs is 1. The molecule has 0 bridgehead atoms. The molecule has 8 heteroatoms. The van der Waals surface area contributed by atoms with Gasteiger partial charge in [-0.05, 0) is 48.6 Å². The largest absolute Gasteiger partial charge is 0.445 e. The van der Waals surface area contributed by atoms with E-state index in [9.17, 15) is 14.4 Å². The van der Waals surface area contributed by atoms with Crippen molar-refractivity contribution in [2.45, 2.75) is 26.0 Å². The third-order valence-corrected chi connectivity index (χ3v) is 5.19. The Kier molecular flexibility index (Phi) is 7.72. The van der Waals surface area contributed by atoms with Gasteiger partial charge in [0.15, 0.2) is 0 Å². The summed E-state index contributed by atoms with van der Waals surface area (Å²) in [5, 5.41) is 3.33. The van der Waals surface area contributed by atoms with Crippen molar-refractivity contribution in [2.75, 3.05) is 12.0 Å². The molecule has 0 aliphatic carbocycles. The van der Waals surface area contributed by atoms with Gasteiger partial charge in [0.1, 0.15) is 24.0 Å². The highest BCUT2D eigenvalue weighted by Gasteiger charge is 2.23. The van der Waals surface area contributed by atoms with Gasteiger partial charge in [0.25, 0.3) is 0 Å². The van der Waals surface area contributed by atoms with Gasteiger partial charge in [-0.3, -0.25) is 0 Å². The third kappa shape index (κ3) is 6.36. The number of benzene rings is 2. The summed E-state index contributed by atoms with van der Waals surface area (Å²) in [5.41, 5.74) is 1.46. The zero-order valence-electron chi connectivity index (χ0n) is 17.3. The van der Waals surface area contributed by atoms with E-state index in [0.29, 0.717) is 17.8 Å². The van der Waals surface area contributed by atoms with Crippen LogP contribution in [0.2, 0.25) is 0 Å². The molecule has 3 aromatic rings. The van der Waals surface area contributed by atoms with Gasteiger partial charge in [-0.1, -0.05) is 30.3 Å². The molecule has 162 valence electrons. The Morgan fingerprint density at radius 2 is 1.90 bits per heavy atom. The molecule has 0 saturated carbocycles. The maximum absolute atomic E-state index is 12.7. The first-order chi connectivity index (χ1) is 15.0. The molecule has 1 N–H and O–H groups in total. The van der Waals surface area contributed by atoms with Crippen LogP contribution in [-0.2, 0) is 16.1 Å². The summed E-state index contributed by atoms with van der Waals surface area (Å²) < 4.78 is 15.8. The van der Waals surface area contributed by atoms with E-state index in [1.54, 1.807) is 30.8 Å². The fourth-order valence-corrected chi connectivity index (χ4v) is 3.42. The lowest BCUT2D eigenvalue weighted by atomic mass is 10.1. The number of amides is 1. The van der Waals surface area contributed by atoms with Crippen molar-refractivity contribution in [3.8, 4) is 5.75 Å². The van der Waals surface area contributed by atoms with Crippen LogP contribution in [0.1, 0.15) is 17.5 Å². The maximum atomic E-state index is 12.7. The van der Waals surface area contributed by atoms with Crippen molar-refractivity contribution < 1.29 is 23.5 Å². The molecule has 0 spiro atoms. The number of nitrogens with one attached hydrogen (secondary N) is 1. The van der Waals surface area contributed by atoms with Crippen LogP contribution >= 0.6 is 11.8 Å². The summed E-state index contributed by atoms with van der Waals surface area (Å²) in [6.07, 6.45) is 1.58. The summed E-state index contributed by atoms with van der Waals surface area (Å²) in [5.74, 6) is 0.241. The molecule has 1 amide bonds. The van der Waals surface area contributed by atoms with E-state index < -0.39 is 23.7 Å². The SMILES string of the molecule is CSCC[C@@H](NC(=O)OCc1ccccc1)C(=O)Oc1ccc2c(C)cc(=O)oc2c1. The van der Waals surface area contributed by atoms with Gasteiger partial charge in [0.05, 0.1) is 0 Å². The zero-order valence-corrected chi connectivity index (χ0v) is 18.1. The van der Waals surface area contributed by atoms with Crippen LogP contribution in [0.5, 0.6) is 5.75 Å². The molecule has 2 aromatic carbocycles. The molecule has 0 radical (unpaired) electrons. The van der Waals surface area contributed by atoms with Gasteiger partial charge in [-0.2, -0.15) is 11.8 Å². The average Bonchev–Trinajstić information content (AvgIpc) is 2.75. The van der Waals surface area contributed by atoms with Gasteiger partial charge in [0.2, 0.25) is 0 Å². The molecule has 0 saturated heterocycles. The first kappa shape index (κ1) is 22.4. The molecule has 0 aliphatic rings. The van der Waals surface area contributed by atoms with Crippen molar-refractivity contribution >= 4 is 34.8 Å². The molecule has 1 aromatic heterocycles. The predicted molar refractivity (Wildman–Crippen MR) is 119 cm³/mol. The Morgan fingerprint density at radius 1 is 1.13 bits per heavy atom. The topological polar surface area (TPSA) is 94.8 Å². The first-order valence-electron chi connectivity index (χ1n) is 9.68. The zero-order chi connectivity index (χ0) is 22.2. The molecule has 0 unspecified atom stereocenters. The maximum Gasteiger partial charge on any atom is 0.408 e. The summed E-state index contributed by atoms with van der Waals surface area (Å²) in [4.78, 5) is 36.5. The van der Waals surface area contributed by atoms with Crippen LogP contribution in [0.25, 0.3) is 11.0 Å². The fourth-order valence-electron chi connectivity index (χ4n) is 2.95. The van der Waals surface area contributed by atoms with Gasteiger partial charge >= 0.3 is 17.7 Å². The van der Waals surface area contributed by atoms with Crippen LogP contribution in [0.15, 0.2) is 63.8 Å². The van der Waals surface area contributed by atoms with Gasteiger partial charge in [-0.25, -0.2) is 14.4 Å². The summed E-state index contributed by atoms with van der Waals surface area (Å²) in [6, 6.07) is 14.6. The second-order valence-electron chi connectivity index (χ2n) is 6.87. The molecule has 1 atom stereocenters. The Balaban J connectivity index is 1.66. The predicted octanol–water partition coefficient (Wildman–Crippen LogP) is 4.05. The molecule has 0 aliphatic heterocycles. The smallest absolute Gasteiger partial charge is 0.408 e. The Labute approximate surface area is 183 Å². The third-order valence-electron chi connectivity index (χ3n) is 4.54. The number of ether oxygens (including phenoxy) is 2. The summed E-state index contributed by atoms with van der Waals surface area (Å²) in [7, 11) is 0. The van der Waals surface area contributed by atoms with Crippen LogP contribution in [0.3, 0.4) is 0 Å². The highest BCUT2D eigenvalue weighted by atomic mass is 32.2. The average molecular weight is 442 g/mol. The summed E-state index contributed by atoms with van der Waals surface area (Å²) >= 11 is 1.55. The van der Waals surface area contributed by atoms with E-state index >= 15 is 0 Å². The lowest BCUT2D eigenvalue weighted by Gasteiger charge is -2.17. The number of aryl methyl sites for hydroxylation is 1. The lowest BCUT2D eigenvalue weighted by Crippen LogP contribution is -2.43. The van der Waals surface area contributed by atoms with Crippen molar-refractivity contribution in [3.05, 3.63) is 76.1 Å². The van der Waals surface area contributed by atoms with Gasteiger partial charge < -0.3 is 19.2 Å². The van der Waals surface area contributed by atoms with E-state index in [-0.39, 0.29) is 12.4 Å². The van der Waals surface area contributed by atoms with Gasteiger partial charge in [-0.15, -0.1) is 0 Å². The summed E-state index contributed by atoms with van der Waals surface area (Å²) in [6.45, 7) is 1.90. The standard InChI is InChI=1S/C23H23NO6S/c1-15-12-21(25)30-20-13-17(8-9-18(15)20)29-22(26)19(10-11-31-2)24-23(27)28-14-16-6-4-3-5-7-16/h3-9,12-13,19H,10-11,14H2,1-2H3,(H,24,27)/t19-/m1/s1. The normalized spacial score (nSPS) is 11.7. The Bertz CT molecular complexity index is 1110. The minimum atomic E-state index is -0.879. The van der Waals surface area contributed by atoms with Crippen LogP contribution in [0, 0.1) is 6.92 Å². The van der Waals surface area contributed by atoms with Crippen molar-refractivity contribution in [2.24, 2.45) is 0 Å². The van der Waals surface area contributed by atoms with E-state index in [4.69, 9.17) is 13.9 Å². The molecule has 3 rings (SSSR count). The van der Waals surface area contributed by atoms with Crippen molar-refractivity contribution in [3.63, 3.8) is 0 Å². The monoisotopic (exact) mass is 441 g/mol. The minimum Gasteiger partial charge on any atom is -0.445 e. The molecule has 0 fully saturated rings. The Hall–Kier alpha value is -3.26. The second kappa shape index (κ2) is 10.7. The fraction of sp³-hybridized carbons (Fsp3) is 0.261. The molecular weight excluding hydrogens is 418 g/mol. The van der Waals surface area contributed by atoms with E-state index in [1.807, 2.05) is 36.6 Å². The van der Waals surface area contributed by atoms with Gasteiger partial charge in [0, 0.05) is 17.5 Å². The highest BCUT2D eigenvalue weighted by Crippen LogP contribution is 2.22. The number of rotatable bonds is 8. The second-order valence-corrected chi connectivity index (χ2v) is 7.85. The van der Waals surface area contributed by atoms with Crippen molar-refractivity contribution in [1.82, 2.24) is 5.32 Å². The van der Waals surface area contributed by atoms with Crippen LogP contribution in [-0.4, -0.2) is 30.1 Å². The van der Waals surface area contributed by atoms with Crippen molar-refractivity contribution in [1.29, 1.82) is 0 Å². The minimum absolute atomic E-state index is 0.0972. The van der Waals surface area contributed by atoms with E-state index in [0.717, 1.165) is 16.5 Å². The highest BCUT2D eigenvalue weighted by molar-refractivity contribution is 7.98. The number of carbonyl (C=O) groups is 2.